The van der Waals surface area contributed by atoms with Crippen molar-refractivity contribution in [1.29, 1.82) is 0 Å². The second-order valence-electron chi connectivity index (χ2n) is 8.21. The fraction of sp³-hybridized carbons (Fsp3) is 0.304. The van der Waals surface area contributed by atoms with E-state index in [1.807, 2.05) is 32.0 Å². The number of aryl methyl sites for hydroxylation is 2. The molecule has 3 aromatic rings. The lowest BCUT2D eigenvalue weighted by Gasteiger charge is -2.36. The number of nitrogens with one attached hydrogen (secondary N) is 1. The molecule has 0 atom stereocenters. The van der Waals surface area contributed by atoms with Gasteiger partial charge in [0.1, 0.15) is 0 Å². The van der Waals surface area contributed by atoms with Crippen LogP contribution in [0.2, 0.25) is 0 Å². The zero-order valence-corrected chi connectivity index (χ0v) is 19.9. The Balaban J connectivity index is 1.53. The quantitative estimate of drug-likeness (QED) is 0.595. The molecule has 180 valence electrons. The third-order valence-electron chi connectivity index (χ3n) is 5.96. The summed E-state index contributed by atoms with van der Waals surface area (Å²) in [5.41, 5.74) is 3.21. The predicted octanol–water partition coefficient (Wildman–Crippen LogP) is 3.08. The highest BCUT2D eigenvalue weighted by Crippen LogP contribution is 2.26. The van der Waals surface area contributed by atoms with Gasteiger partial charge < -0.3 is 10.2 Å². The molecular weight excluding hydrogens is 464 g/mol. The summed E-state index contributed by atoms with van der Waals surface area (Å²) in [6.45, 7) is 5.53. The summed E-state index contributed by atoms with van der Waals surface area (Å²) in [4.78, 5) is 15.0. The van der Waals surface area contributed by atoms with Crippen molar-refractivity contribution >= 4 is 27.3 Å². The van der Waals surface area contributed by atoms with Gasteiger partial charge in [0.25, 0.3) is 15.9 Å². The Morgan fingerprint density at radius 1 is 1.03 bits per heavy atom. The van der Waals surface area contributed by atoms with Crippen molar-refractivity contribution in [3.05, 3.63) is 70.9 Å². The minimum atomic E-state index is -4.07. The van der Waals surface area contributed by atoms with Crippen LogP contribution in [0.25, 0.3) is 0 Å². The van der Waals surface area contributed by atoms with Gasteiger partial charge in [0, 0.05) is 56.9 Å². The van der Waals surface area contributed by atoms with E-state index in [2.05, 4.69) is 15.3 Å². The average Bonchev–Trinajstić information content (AvgIpc) is 3.21. The molecule has 1 aromatic heterocycles. The standard InChI is InChI=1S/C23H25F2N5O3S/c1-15-5-4-6-21(16(15)2)29-9-11-30(12-10-29)34(32,33)23-18(14-28(3)27-23)22(31)26-17-7-8-19(24)20(25)13-17/h4-8,13-14H,9-12H2,1-3H3,(H,26,31). The number of piperazine rings is 1. The number of nitrogens with zero attached hydrogens (tertiary/aromatic N) is 4. The lowest BCUT2D eigenvalue weighted by atomic mass is 10.1. The molecule has 1 amide bonds. The molecule has 2 heterocycles. The van der Waals surface area contributed by atoms with Gasteiger partial charge in [-0.3, -0.25) is 9.48 Å². The number of sulfonamides is 1. The van der Waals surface area contributed by atoms with Gasteiger partial charge in [-0.25, -0.2) is 17.2 Å². The molecule has 34 heavy (non-hydrogen) atoms. The molecule has 0 bridgehead atoms. The lowest BCUT2D eigenvalue weighted by Crippen LogP contribution is -2.49. The number of amides is 1. The van der Waals surface area contributed by atoms with E-state index in [9.17, 15) is 22.0 Å². The Morgan fingerprint density at radius 2 is 1.74 bits per heavy atom. The fourth-order valence-electron chi connectivity index (χ4n) is 3.96. The highest BCUT2D eigenvalue weighted by Gasteiger charge is 2.35. The number of rotatable bonds is 5. The van der Waals surface area contributed by atoms with Crippen molar-refractivity contribution in [2.24, 2.45) is 7.05 Å². The molecule has 0 saturated carbocycles. The van der Waals surface area contributed by atoms with Crippen molar-refractivity contribution in [2.45, 2.75) is 18.9 Å². The summed E-state index contributed by atoms with van der Waals surface area (Å²) in [5, 5.41) is 6.06. The lowest BCUT2D eigenvalue weighted by molar-refractivity contribution is 0.102. The van der Waals surface area contributed by atoms with Crippen LogP contribution < -0.4 is 10.2 Å². The van der Waals surface area contributed by atoms with Crippen LogP contribution in [0.1, 0.15) is 21.5 Å². The molecule has 0 aliphatic carbocycles. The maximum absolute atomic E-state index is 13.5. The molecule has 8 nitrogen and oxygen atoms in total. The van der Waals surface area contributed by atoms with Crippen molar-refractivity contribution in [2.75, 3.05) is 36.4 Å². The Labute approximate surface area is 196 Å². The largest absolute Gasteiger partial charge is 0.369 e. The van der Waals surface area contributed by atoms with Crippen LogP contribution in [0.4, 0.5) is 20.2 Å². The minimum Gasteiger partial charge on any atom is -0.369 e. The Morgan fingerprint density at radius 3 is 2.41 bits per heavy atom. The second kappa shape index (κ2) is 9.15. The van der Waals surface area contributed by atoms with E-state index < -0.39 is 27.6 Å². The molecule has 1 saturated heterocycles. The third-order valence-corrected chi connectivity index (χ3v) is 7.79. The number of hydrogen-bond donors (Lipinski definition) is 1. The molecule has 1 aliphatic heterocycles. The summed E-state index contributed by atoms with van der Waals surface area (Å²) < 4.78 is 56.0. The molecule has 4 rings (SSSR count). The van der Waals surface area contributed by atoms with E-state index in [0.717, 1.165) is 28.9 Å². The van der Waals surface area contributed by atoms with E-state index in [0.29, 0.717) is 13.1 Å². The number of halogens is 2. The van der Waals surface area contributed by atoms with Crippen LogP contribution in [0.5, 0.6) is 0 Å². The molecule has 1 N–H and O–H groups in total. The zero-order valence-electron chi connectivity index (χ0n) is 19.0. The van der Waals surface area contributed by atoms with Crippen LogP contribution in [0.15, 0.2) is 47.6 Å². The molecule has 11 heteroatoms. The van der Waals surface area contributed by atoms with Gasteiger partial charge in [-0.15, -0.1) is 0 Å². The Bertz CT molecular complexity index is 1350. The summed E-state index contributed by atoms with van der Waals surface area (Å²) in [7, 11) is -2.56. The number of carbonyl (C=O) groups excluding carboxylic acids is 1. The SMILES string of the molecule is Cc1cccc(N2CCN(S(=O)(=O)c3nn(C)cc3C(=O)Nc3ccc(F)c(F)c3)CC2)c1C. The molecule has 0 spiro atoms. The zero-order chi connectivity index (χ0) is 24.6. The topological polar surface area (TPSA) is 87.5 Å². The summed E-state index contributed by atoms with van der Waals surface area (Å²) in [5.74, 6) is -2.96. The van der Waals surface area contributed by atoms with E-state index >= 15 is 0 Å². The van der Waals surface area contributed by atoms with E-state index in [1.165, 1.54) is 28.3 Å². The van der Waals surface area contributed by atoms with Crippen LogP contribution in [0.3, 0.4) is 0 Å². The molecule has 0 radical (unpaired) electrons. The summed E-state index contributed by atoms with van der Waals surface area (Å²) >= 11 is 0. The number of benzene rings is 2. The van der Waals surface area contributed by atoms with Crippen LogP contribution in [-0.4, -0.2) is 54.6 Å². The first-order chi connectivity index (χ1) is 16.1. The number of aromatic nitrogens is 2. The van der Waals surface area contributed by atoms with E-state index in [-0.39, 0.29) is 29.4 Å². The maximum Gasteiger partial charge on any atom is 0.263 e. The summed E-state index contributed by atoms with van der Waals surface area (Å²) in [6, 6.07) is 8.92. The highest BCUT2D eigenvalue weighted by atomic mass is 32.2. The minimum absolute atomic E-state index is 0.00163. The monoisotopic (exact) mass is 489 g/mol. The Hall–Kier alpha value is -3.31. The van der Waals surface area contributed by atoms with Gasteiger partial charge in [0.2, 0.25) is 5.03 Å². The second-order valence-corrected chi connectivity index (χ2v) is 10.1. The molecule has 2 aromatic carbocycles. The number of carbonyl (C=O) groups is 1. The van der Waals surface area contributed by atoms with Crippen LogP contribution in [-0.2, 0) is 17.1 Å². The van der Waals surface area contributed by atoms with Gasteiger partial charge in [0.15, 0.2) is 11.6 Å². The molecule has 0 unspecified atom stereocenters. The first kappa shape index (κ1) is 23.8. The van der Waals surface area contributed by atoms with E-state index in [1.54, 1.807) is 0 Å². The Kier molecular flexibility index (Phi) is 6.41. The number of anilines is 2. The van der Waals surface area contributed by atoms with Crippen LogP contribution in [0, 0.1) is 25.5 Å². The highest BCUT2D eigenvalue weighted by molar-refractivity contribution is 7.89. The first-order valence-electron chi connectivity index (χ1n) is 10.7. The smallest absolute Gasteiger partial charge is 0.263 e. The predicted molar refractivity (Wildman–Crippen MR) is 124 cm³/mol. The first-order valence-corrected chi connectivity index (χ1v) is 12.1. The van der Waals surface area contributed by atoms with Crippen molar-refractivity contribution in [1.82, 2.24) is 14.1 Å². The summed E-state index contributed by atoms with van der Waals surface area (Å²) in [6.07, 6.45) is 1.29. The molecular formula is C23H25F2N5O3S. The van der Waals surface area contributed by atoms with Gasteiger partial charge in [-0.2, -0.15) is 9.40 Å². The van der Waals surface area contributed by atoms with Crippen molar-refractivity contribution in [3.8, 4) is 0 Å². The van der Waals surface area contributed by atoms with Gasteiger partial charge >= 0.3 is 0 Å². The number of hydrogen-bond acceptors (Lipinski definition) is 5. The van der Waals surface area contributed by atoms with E-state index in [4.69, 9.17) is 0 Å². The molecule has 1 fully saturated rings. The van der Waals surface area contributed by atoms with Crippen molar-refractivity contribution < 1.29 is 22.0 Å². The van der Waals surface area contributed by atoms with Gasteiger partial charge in [-0.05, 0) is 43.2 Å². The van der Waals surface area contributed by atoms with Gasteiger partial charge in [0.05, 0.1) is 5.56 Å². The van der Waals surface area contributed by atoms with Crippen molar-refractivity contribution in [3.63, 3.8) is 0 Å². The van der Waals surface area contributed by atoms with Gasteiger partial charge in [-0.1, -0.05) is 12.1 Å². The van der Waals surface area contributed by atoms with Crippen LogP contribution >= 0.6 is 0 Å². The normalized spacial score (nSPS) is 14.9. The fourth-order valence-corrected chi connectivity index (χ4v) is 5.50. The maximum atomic E-state index is 13.5. The molecule has 1 aliphatic rings. The average molecular weight is 490 g/mol. The third kappa shape index (κ3) is 4.53.